The zero-order valence-electron chi connectivity index (χ0n) is 19.0. The van der Waals surface area contributed by atoms with Gasteiger partial charge in [0.25, 0.3) is 11.8 Å². The van der Waals surface area contributed by atoms with Crippen LogP contribution in [0.1, 0.15) is 20.7 Å². The molecule has 3 aromatic carbocycles. The predicted molar refractivity (Wildman–Crippen MR) is 135 cm³/mol. The third kappa shape index (κ3) is 4.72. The van der Waals surface area contributed by atoms with Gasteiger partial charge in [-0.15, -0.1) is 5.10 Å². The van der Waals surface area contributed by atoms with Gasteiger partial charge >= 0.3 is 0 Å². The van der Waals surface area contributed by atoms with Gasteiger partial charge in [-0.1, -0.05) is 54.6 Å². The summed E-state index contributed by atoms with van der Waals surface area (Å²) in [6, 6.07) is 30.2. The van der Waals surface area contributed by atoms with Crippen LogP contribution in [-0.4, -0.2) is 36.6 Å². The standard InChI is InChI=1S/C27H21N7O2/c28-33(25(35)20-11-5-2-6-12-20)26(36)21-14-16-22(17-15-21)30-27-31-24(19-9-3-1-4-10-19)34(32-27)23-13-7-8-18-29-23/h1-18H,28H2,(H,30,32). The van der Waals surface area contributed by atoms with E-state index in [9.17, 15) is 9.59 Å². The number of carbonyl (C=O) groups is 2. The van der Waals surface area contributed by atoms with Crippen LogP contribution < -0.4 is 11.2 Å². The Labute approximate surface area is 206 Å². The van der Waals surface area contributed by atoms with Crippen LogP contribution >= 0.6 is 0 Å². The Hall–Kier alpha value is -5.15. The lowest BCUT2D eigenvalue weighted by molar-refractivity contribution is 0.0615. The second-order valence-corrected chi connectivity index (χ2v) is 7.77. The quantitative estimate of drug-likeness (QED) is 0.163. The van der Waals surface area contributed by atoms with Crippen LogP contribution in [0.2, 0.25) is 0 Å². The molecule has 0 radical (unpaired) electrons. The Kier molecular flexibility index (Phi) is 6.29. The molecule has 0 aliphatic carbocycles. The lowest BCUT2D eigenvalue weighted by atomic mass is 10.1. The normalized spacial score (nSPS) is 10.6. The summed E-state index contributed by atoms with van der Waals surface area (Å²) >= 11 is 0. The van der Waals surface area contributed by atoms with Crippen molar-refractivity contribution in [2.45, 2.75) is 0 Å². The lowest BCUT2D eigenvalue weighted by Crippen LogP contribution is -2.42. The van der Waals surface area contributed by atoms with Gasteiger partial charge in [-0.05, 0) is 48.5 Å². The maximum atomic E-state index is 12.7. The van der Waals surface area contributed by atoms with Gasteiger partial charge in [0.1, 0.15) is 0 Å². The second kappa shape index (κ2) is 10.00. The van der Waals surface area contributed by atoms with E-state index in [0.29, 0.717) is 33.9 Å². The van der Waals surface area contributed by atoms with Crippen LogP contribution in [0.25, 0.3) is 17.2 Å². The van der Waals surface area contributed by atoms with Gasteiger partial charge < -0.3 is 5.32 Å². The van der Waals surface area contributed by atoms with Crippen LogP contribution in [-0.2, 0) is 0 Å². The molecular formula is C27H21N7O2. The molecule has 0 atom stereocenters. The zero-order chi connectivity index (χ0) is 24.9. The summed E-state index contributed by atoms with van der Waals surface area (Å²) in [5.74, 6) is 6.23. The Morgan fingerprint density at radius 2 is 1.36 bits per heavy atom. The van der Waals surface area contributed by atoms with Crippen LogP contribution in [0.5, 0.6) is 0 Å². The average Bonchev–Trinajstić information content (AvgIpc) is 3.37. The lowest BCUT2D eigenvalue weighted by Gasteiger charge is -2.15. The number of pyridine rings is 1. The molecule has 0 saturated carbocycles. The Balaban J connectivity index is 1.36. The number of carbonyl (C=O) groups excluding carboxylic acids is 2. The van der Waals surface area contributed by atoms with E-state index in [-0.39, 0.29) is 5.56 Å². The van der Waals surface area contributed by atoms with Gasteiger partial charge in [0.15, 0.2) is 11.6 Å². The molecule has 0 saturated heterocycles. The molecule has 0 unspecified atom stereocenters. The van der Waals surface area contributed by atoms with Crippen LogP contribution in [0.4, 0.5) is 11.6 Å². The highest BCUT2D eigenvalue weighted by atomic mass is 16.2. The van der Waals surface area contributed by atoms with E-state index in [0.717, 1.165) is 5.56 Å². The number of anilines is 2. The first-order valence-corrected chi connectivity index (χ1v) is 11.1. The molecule has 2 aromatic heterocycles. The van der Waals surface area contributed by atoms with Crippen LogP contribution in [0, 0.1) is 0 Å². The Bertz CT molecular complexity index is 1430. The third-order valence-corrected chi connectivity index (χ3v) is 5.35. The number of hydrogen-bond acceptors (Lipinski definition) is 7. The summed E-state index contributed by atoms with van der Waals surface area (Å²) in [5.41, 5.74) is 2.14. The van der Waals surface area contributed by atoms with Crippen molar-refractivity contribution in [3.05, 3.63) is 120 Å². The van der Waals surface area contributed by atoms with Gasteiger partial charge in [-0.2, -0.15) is 9.67 Å². The van der Waals surface area contributed by atoms with E-state index in [1.807, 2.05) is 48.5 Å². The summed E-state index contributed by atoms with van der Waals surface area (Å²) in [7, 11) is 0. The number of rotatable bonds is 6. The minimum absolute atomic E-state index is 0.268. The van der Waals surface area contributed by atoms with E-state index in [2.05, 4.69) is 20.4 Å². The Morgan fingerprint density at radius 3 is 2.00 bits per heavy atom. The van der Waals surface area contributed by atoms with Crippen LogP contribution in [0.15, 0.2) is 109 Å². The minimum Gasteiger partial charge on any atom is -0.323 e. The molecule has 0 aliphatic rings. The molecule has 3 N–H and O–H groups in total. The van der Waals surface area contributed by atoms with Crippen LogP contribution in [0.3, 0.4) is 0 Å². The fourth-order valence-corrected chi connectivity index (χ4v) is 3.55. The smallest absolute Gasteiger partial charge is 0.275 e. The molecule has 2 heterocycles. The largest absolute Gasteiger partial charge is 0.323 e. The summed E-state index contributed by atoms with van der Waals surface area (Å²) in [4.78, 5) is 34.2. The second-order valence-electron chi connectivity index (χ2n) is 7.77. The molecule has 9 nitrogen and oxygen atoms in total. The van der Waals surface area contributed by atoms with Crippen molar-refractivity contribution >= 4 is 23.5 Å². The first-order valence-electron chi connectivity index (χ1n) is 11.1. The molecule has 0 fully saturated rings. The molecule has 36 heavy (non-hydrogen) atoms. The number of aromatic nitrogens is 4. The average molecular weight is 476 g/mol. The highest BCUT2D eigenvalue weighted by molar-refractivity contribution is 6.09. The molecule has 176 valence electrons. The predicted octanol–water partition coefficient (Wildman–Crippen LogP) is 4.23. The molecule has 5 rings (SSSR count). The number of imide groups is 1. The molecule has 5 aromatic rings. The minimum atomic E-state index is -0.612. The summed E-state index contributed by atoms with van der Waals surface area (Å²) in [6.07, 6.45) is 1.69. The Morgan fingerprint density at radius 1 is 0.750 bits per heavy atom. The molecular weight excluding hydrogens is 454 g/mol. The summed E-state index contributed by atoms with van der Waals surface area (Å²) in [6.45, 7) is 0. The van der Waals surface area contributed by atoms with Crippen molar-refractivity contribution in [3.8, 4) is 17.2 Å². The first kappa shape index (κ1) is 22.6. The summed E-state index contributed by atoms with van der Waals surface area (Å²) in [5, 5.41) is 8.35. The maximum Gasteiger partial charge on any atom is 0.275 e. The monoisotopic (exact) mass is 475 g/mol. The molecule has 0 aliphatic heterocycles. The van der Waals surface area contributed by atoms with E-state index >= 15 is 0 Å². The van der Waals surface area contributed by atoms with E-state index in [1.165, 1.54) is 0 Å². The fraction of sp³-hybridized carbons (Fsp3) is 0. The highest BCUT2D eigenvalue weighted by Crippen LogP contribution is 2.23. The van der Waals surface area contributed by atoms with Gasteiger partial charge in [-0.3, -0.25) is 9.59 Å². The van der Waals surface area contributed by atoms with Gasteiger partial charge in [0.05, 0.1) is 0 Å². The molecule has 9 heteroatoms. The molecule has 0 bridgehead atoms. The number of amides is 2. The van der Waals surface area contributed by atoms with E-state index in [4.69, 9.17) is 5.84 Å². The number of nitrogens with zero attached hydrogens (tertiary/aromatic N) is 5. The number of nitrogens with one attached hydrogen (secondary N) is 1. The van der Waals surface area contributed by atoms with Crippen molar-refractivity contribution in [1.29, 1.82) is 0 Å². The first-order chi connectivity index (χ1) is 17.6. The van der Waals surface area contributed by atoms with Crippen molar-refractivity contribution in [2.24, 2.45) is 5.84 Å². The highest BCUT2D eigenvalue weighted by Gasteiger charge is 2.21. The number of hydrogen-bond donors (Lipinski definition) is 2. The van der Waals surface area contributed by atoms with Gasteiger partial charge in [0, 0.05) is 28.6 Å². The van der Waals surface area contributed by atoms with E-state index < -0.39 is 11.8 Å². The van der Waals surface area contributed by atoms with Crippen molar-refractivity contribution < 1.29 is 9.59 Å². The number of benzene rings is 3. The molecule has 2 amide bonds. The maximum absolute atomic E-state index is 12.7. The number of nitrogens with two attached hydrogens (primary N) is 1. The SMILES string of the molecule is NN(C(=O)c1ccccc1)C(=O)c1ccc(Nc2nc(-c3ccccc3)n(-c3ccccn3)n2)cc1. The number of hydrazine groups is 1. The van der Waals surface area contributed by atoms with Crippen molar-refractivity contribution in [2.75, 3.05) is 5.32 Å². The van der Waals surface area contributed by atoms with Gasteiger partial charge in [0.2, 0.25) is 5.95 Å². The van der Waals surface area contributed by atoms with Gasteiger partial charge in [-0.25, -0.2) is 15.8 Å². The third-order valence-electron chi connectivity index (χ3n) is 5.35. The fourth-order valence-electron chi connectivity index (χ4n) is 3.55. The van der Waals surface area contributed by atoms with E-state index in [1.54, 1.807) is 65.5 Å². The summed E-state index contributed by atoms with van der Waals surface area (Å²) < 4.78 is 1.66. The topological polar surface area (TPSA) is 119 Å². The van der Waals surface area contributed by atoms with Crippen molar-refractivity contribution in [1.82, 2.24) is 24.8 Å². The van der Waals surface area contributed by atoms with Crippen molar-refractivity contribution in [3.63, 3.8) is 0 Å². The molecule has 0 spiro atoms. The zero-order valence-corrected chi connectivity index (χ0v) is 19.0.